The highest BCUT2D eigenvalue weighted by atomic mass is 16.1. The van der Waals surface area contributed by atoms with E-state index < -0.39 is 0 Å². The molecule has 1 fully saturated rings. The lowest BCUT2D eigenvalue weighted by Gasteiger charge is -2.23. The van der Waals surface area contributed by atoms with Crippen LogP contribution >= 0.6 is 0 Å². The third-order valence-corrected chi connectivity index (χ3v) is 3.70. The van der Waals surface area contributed by atoms with Crippen LogP contribution in [-0.2, 0) is 0 Å². The van der Waals surface area contributed by atoms with Gasteiger partial charge in [-0.05, 0) is 37.8 Å². The summed E-state index contributed by atoms with van der Waals surface area (Å²) >= 11 is 0. The first-order valence-corrected chi connectivity index (χ1v) is 6.64. The molecule has 0 aromatic carbocycles. The number of pyridine rings is 1. The molecule has 4 nitrogen and oxygen atoms in total. The maximum atomic E-state index is 12.1. The highest BCUT2D eigenvalue weighted by molar-refractivity contribution is 5.94. The molecular formula is C14H21N3O. The number of rotatable bonds is 4. The minimum Gasteiger partial charge on any atom is -0.348 e. The van der Waals surface area contributed by atoms with Gasteiger partial charge in [0.2, 0.25) is 0 Å². The van der Waals surface area contributed by atoms with Crippen LogP contribution in [0.5, 0.6) is 0 Å². The van der Waals surface area contributed by atoms with Crippen molar-refractivity contribution in [3.63, 3.8) is 0 Å². The highest BCUT2D eigenvalue weighted by Crippen LogP contribution is 2.27. The van der Waals surface area contributed by atoms with Gasteiger partial charge < -0.3 is 11.1 Å². The Labute approximate surface area is 108 Å². The summed E-state index contributed by atoms with van der Waals surface area (Å²) in [5, 5.41) is 3.06. The van der Waals surface area contributed by atoms with Crippen LogP contribution < -0.4 is 11.1 Å². The summed E-state index contributed by atoms with van der Waals surface area (Å²) in [5.41, 5.74) is 7.30. The zero-order valence-electron chi connectivity index (χ0n) is 10.9. The highest BCUT2D eigenvalue weighted by Gasteiger charge is 2.25. The second-order valence-corrected chi connectivity index (χ2v) is 5.05. The van der Waals surface area contributed by atoms with Gasteiger partial charge in [-0.25, -0.2) is 0 Å². The minimum absolute atomic E-state index is 0.0390. The van der Waals surface area contributed by atoms with Crippen molar-refractivity contribution in [1.82, 2.24) is 10.3 Å². The van der Waals surface area contributed by atoms with Gasteiger partial charge >= 0.3 is 0 Å². The second-order valence-electron chi connectivity index (χ2n) is 5.05. The molecule has 1 unspecified atom stereocenters. The molecule has 0 aliphatic heterocycles. The van der Waals surface area contributed by atoms with Crippen molar-refractivity contribution in [3.05, 3.63) is 29.6 Å². The molecule has 1 amide bonds. The SMILES string of the molecule is Cc1cc(C(=O)NC(CN)C2CCCC2)ccn1. The fourth-order valence-corrected chi connectivity index (χ4v) is 2.67. The van der Waals surface area contributed by atoms with Gasteiger partial charge in [0.1, 0.15) is 0 Å². The Morgan fingerprint density at radius 1 is 1.56 bits per heavy atom. The second kappa shape index (κ2) is 5.96. The Morgan fingerprint density at radius 2 is 2.28 bits per heavy atom. The van der Waals surface area contributed by atoms with E-state index in [2.05, 4.69) is 10.3 Å². The van der Waals surface area contributed by atoms with Gasteiger partial charge in [0.15, 0.2) is 0 Å². The van der Waals surface area contributed by atoms with Crippen LogP contribution in [0.2, 0.25) is 0 Å². The van der Waals surface area contributed by atoms with E-state index in [4.69, 9.17) is 5.73 Å². The Bertz CT molecular complexity index is 413. The fourth-order valence-electron chi connectivity index (χ4n) is 2.67. The predicted molar refractivity (Wildman–Crippen MR) is 71.2 cm³/mol. The van der Waals surface area contributed by atoms with Crippen LogP contribution in [0.25, 0.3) is 0 Å². The lowest BCUT2D eigenvalue weighted by atomic mass is 9.98. The quantitative estimate of drug-likeness (QED) is 0.850. The molecule has 1 aliphatic carbocycles. The lowest BCUT2D eigenvalue weighted by molar-refractivity contribution is 0.0924. The molecule has 1 aromatic heterocycles. The molecule has 3 N–H and O–H groups in total. The molecule has 0 spiro atoms. The lowest BCUT2D eigenvalue weighted by Crippen LogP contribution is -2.44. The van der Waals surface area contributed by atoms with Gasteiger partial charge in [0.05, 0.1) is 0 Å². The van der Waals surface area contributed by atoms with Crippen LogP contribution in [-0.4, -0.2) is 23.5 Å². The largest absolute Gasteiger partial charge is 0.348 e. The van der Waals surface area contributed by atoms with Crippen molar-refractivity contribution < 1.29 is 4.79 Å². The first kappa shape index (κ1) is 13.0. The van der Waals surface area contributed by atoms with E-state index in [0.717, 1.165) is 5.69 Å². The number of aromatic nitrogens is 1. The van der Waals surface area contributed by atoms with Crippen molar-refractivity contribution in [2.45, 2.75) is 38.6 Å². The smallest absolute Gasteiger partial charge is 0.251 e. The summed E-state index contributed by atoms with van der Waals surface area (Å²) < 4.78 is 0. The van der Waals surface area contributed by atoms with E-state index in [-0.39, 0.29) is 11.9 Å². The molecule has 0 saturated heterocycles. The number of carbonyl (C=O) groups excluding carboxylic acids is 1. The normalized spacial score (nSPS) is 17.7. The average molecular weight is 247 g/mol. The molecule has 4 heteroatoms. The van der Waals surface area contributed by atoms with Gasteiger partial charge in [-0.2, -0.15) is 0 Å². The van der Waals surface area contributed by atoms with Crippen molar-refractivity contribution in [2.75, 3.05) is 6.54 Å². The van der Waals surface area contributed by atoms with Crippen LogP contribution in [0.1, 0.15) is 41.7 Å². The number of carbonyl (C=O) groups is 1. The van der Waals surface area contributed by atoms with E-state index >= 15 is 0 Å². The zero-order valence-corrected chi connectivity index (χ0v) is 10.9. The third kappa shape index (κ3) is 3.07. The molecule has 1 aliphatic rings. The molecule has 1 saturated carbocycles. The molecular weight excluding hydrogens is 226 g/mol. The van der Waals surface area contributed by atoms with Gasteiger partial charge in [0.25, 0.3) is 5.91 Å². The monoisotopic (exact) mass is 247 g/mol. The molecule has 1 aromatic rings. The van der Waals surface area contributed by atoms with E-state index in [1.807, 2.05) is 6.92 Å². The maximum absolute atomic E-state index is 12.1. The van der Waals surface area contributed by atoms with Crippen LogP contribution in [0, 0.1) is 12.8 Å². The molecule has 1 atom stereocenters. The number of nitrogens with two attached hydrogens (primary N) is 1. The Hall–Kier alpha value is -1.42. The van der Waals surface area contributed by atoms with Crippen molar-refractivity contribution in [1.29, 1.82) is 0 Å². The first-order valence-electron chi connectivity index (χ1n) is 6.64. The summed E-state index contributed by atoms with van der Waals surface area (Å²) in [4.78, 5) is 16.2. The first-order chi connectivity index (χ1) is 8.70. The van der Waals surface area contributed by atoms with Crippen molar-refractivity contribution in [3.8, 4) is 0 Å². The number of amides is 1. The van der Waals surface area contributed by atoms with Gasteiger partial charge in [-0.1, -0.05) is 12.8 Å². The Morgan fingerprint density at radius 3 is 2.89 bits per heavy atom. The molecule has 98 valence electrons. The molecule has 2 rings (SSSR count). The van der Waals surface area contributed by atoms with E-state index in [1.165, 1.54) is 25.7 Å². The fraction of sp³-hybridized carbons (Fsp3) is 0.571. The number of aryl methyl sites for hydroxylation is 1. The average Bonchev–Trinajstić information content (AvgIpc) is 2.89. The summed E-state index contributed by atoms with van der Waals surface area (Å²) in [6.07, 6.45) is 6.53. The molecule has 0 bridgehead atoms. The number of nitrogens with zero attached hydrogens (tertiary/aromatic N) is 1. The zero-order chi connectivity index (χ0) is 13.0. The van der Waals surface area contributed by atoms with Gasteiger partial charge in [-0.3, -0.25) is 9.78 Å². The predicted octanol–water partition coefficient (Wildman–Crippen LogP) is 1.64. The summed E-state index contributed by atoms with van der Waals surface area (Å²) in [6.45, 7) is 2.40. The maximum Gasteiger partial charge on any atom is 0.251 e. The number of hydrogen-bond donors (Lipinski definition) is 2. The number of nitrogens with one attached hydrogen (secondary N) is 1. The van der Waals surface area contributed by atoms with Crippen molar-refractivity contribution in [2.24, 2.45) is 11.7 Å². The molecule has 0 radical (unpaired) electrons. The minimum atomic E-state index is -0.0390. The van der Waals surface area contributed by atoms with Gasteiger partial charge in [0, 0.05) is 30.0 Å². The third-order valence-electron chi connectivity index (χ3n) is 3.70. The van der Waals surface area contributed by atoms with Crippen molar-refractivity contribution >= 4 is 5.91 Å². The Balaban J connectivity index is 2.00. The van der Waals surface area contributed by atoms with Crippen LogP contribution in [0.15, 0.2) is 18.3 Å². The van der Waals surface area contributed by atoms with E-state index in [9.17, 15) is 4.79 Å². The summed E-state index contributed by atoms with van der Waals surface area (Å²) in [6, 6.07) is 3.65. The summed E-state index contributed by atoms with van der Waals surface area (Å²) in [7, 11) is 0. The standard InChI is InChI=1S/C14H21N3O/c1-10-8-12(6-7-16-10)14(18)17-13(9-15)11-4-2-3-5-11/h6-8,11,13H,2-5,9,15H2,1H3,(H,17,18). The Kier molecular flexibility index (Phi) is 4.31. The topological polar surface area (TPSA) is 68.0 Å². The van der Waals surface area contributed by atoms with E-state index in [1.54, 1.807) is 18.3 Å². The van der Waals surface area contributed by atoms with E-state index in [0.29, 0.717) is 18.0 Å². The number of hydrogen-bond acceptors (Lipinski definition) is 3. The van der Waals surface area contributed by atoms with Gasteiger partial charge in [-0.15, -0.1) is 0 Å². The molecule has 18 heavy (non-hydrogen) atoms. The van der Waals surface area contributed by atoms with Crippen LogP contribution in [0.4, 0.5) is 0 Å². The van der Waals surface area contributed by atoms with Crippen LogP contribution in [0.3, 0.4) is 0 Å². The molecule has 1 heterocycles. The summed E-state index contributed by atoms with van der Waals surface area (Å²) in [5.74, 6) is 0.504.